The number of aromatic nitrogens is 3. The predicted octanol–water partition coefficient (Wildman–Crippen LogP) is 6.79. The molecular formula is C26H20F3N3OS. The molecule has 2 aromatic heterocycles. The van der Waals surface area contributed by atoms with Crippen LogP contribution >= 0.6 is 11.8 Å². The van der Waals surface area contributed by atoms with Crippen molar-refractivity contribution in [2.75, 3.05) is 0 Å². The van der Waals surface area contributed by atoms with Crippen molar-refractivity contribution in [3.05, 3.63) is 99.3 Å². The van der Waals surface area contributed by atoms with Gasteiger partial charge in [0.15, 0.2) is 5.16 Å². The molecule has 0 fully saturated rings. The lowest BCUT2D eigenvalue weighted by atomic mass is 10.1. The van der Waals surface area contributed by atoms with Crippen LogP contribution in [0.2, 0.25) is 0 Å². The highest BCUT2D eigenvalue weighted by Gasteiger charge is 2.31. The summed E-state index contributed by atoms with van der Waals surface area (Å²) in [6.07, 6.45) is -4.52. The van der Waals surface area contributed by atoms with Gasteiger partial charge in [-0.3, -0.25) is 9.36 Å². The maximum Gasteiger partial charge on any atom is 0.416 e. The van der Waals surface area contributed by atoms with Crippen molar-refractivity contribution in [1.29, 1.82) is 0 Å². The Morgan fingerprint density at radius 2 is 1.79 bits per heavy atom. The quantitative estimate of drug-likeness (QED) is 0.228. The zero-order valence-electron chi connectivity index (χ0n) is 18.4. The van der Waals surface area contributed by atoms with Crippen LogP contribution in [0.15, 0.2) is 76.7 Å². The van der Waals surface area contributed by atoms with E-state index in [1.54, 1.807) is 0 Å². The molecular weight excluding hydrogens is 459 g/mol. The maximum absolute atomic E-state index is 13.6. The highest BCUT2D eigenvalue weighted by Crippen LogP contribution is 2.32. The van der Waals surface area contributed by atoms with Crippen molar-refractivity contribution in [1.82, 2.24) is 14.5 Å². The predicted molar refractivity (Wildman–Crippen MR) is 130 cm³/mol. The molecule has 0 aliphatic heterocycles. The fourth-order valence-corrected chi connectivity index (χ4v) is 5.06. The molecule has 8 heteroatoms. The lowest BCUT2D eigenvalue weighted by molar-refractivity contribution is -0.137. The van der Waals surface area contributed by atoms with Crippen LogP contribution in [0.1, 0.15) is 22.3 Å². The van der Waals surface area contributed by atoms with Gasteiger partial charge >= 0.3 is 6.18 Å². The van der Waals surface area contributed by atoms with Crippen LogP contribution < -0.4 is 5.56 Å². The summed E-state index contributed by atoms with van der Waals surface area (Å²) in [4.78, 5) is 21.5. The molecule has 0 aliphatic rings. The Hall–Kier alpha value is -3.52. The smallest absolute Gasteiger partial charge is 0.349 e. The lowest BCUT2D eigenvalue weighted by Gasteiger charge is -2.15. The highest BCUT2D eigenvalue weighted by atomic mass is 32.2. The van der Waals surface area contributed by atoms with Crippen molar-refractivity contribution in [3.63, 3.8) is 0 Å². The van der Waals surface area contributed by atoms with Gasteiger partial charge in [-0.05, 0) is 49.2 Å². The van der Waals surface area contributed by atoms with Gasteiger partial charge in [-0.1, -0.05) is 59.8 Å². The Morgan fingerprint density at radius 1 is 1.00 bits per heavy atom. The van der Waals surface area contributed by atoms with E-state index in [9.17, 15) is 18.0 Å². The minimum absolute atomic E-state index is 0.122. The number of nitrogens with one attached hydrogen (secondary N) is 1. The Labute approximate surface area is 197 Å². The summed E-state index contributed by atoms with van der Waals surface area (Å²) in [5.74, 6) is 0.521. The van der Waals surface area contributed by atoms with Crippen LogP contribution in [0.25, 0.3) is 27.6 Å². The molecule has 0 saturated heterocycles. The molecule has 34 heavy (non-hydrogen) atoms. The summed E-state index contributed by atoms with van der Waals surface area (Å²) in [7, 11) is 0. The minimum atomic E-state index is -4.52. The number of para-hydroxylation sites is 1. The van der Waals surface area contributed by atoms with Crippen molar-refractivity contribution >= 4 is 33.7 Å². The molecule has 5 rings (SSSR count). The molecule has 0 saturated carbocycles. The van der Waals surface area contributed by atoms with Crippen LogP contribution in [0.5, 0.6) is 0 Å². The van der Waals surface area contributed by atoms with Gasteiger partial charge in [-0.15, -0.1) is 0 Å². The topological polar surface area (TPSA) is 50.7 Å². The number of fused-ring (bicyclic) bond motifs is 3. The molecule has 0 bridgehead atoms. The summed E-state index contributed by atoms with van der Waals surface area (Å²) >= 11 is 1.33. The van der Waals surface area contributed by atoms with Gasteiger partial charge in [0.2, 0.25) is 0 Å². The minimum Gasteiger partial charge on any atom is -0.349 e. The Morgan fingerprint density at radius 3 is 2.59 bits per heavy atom. The molecule has 0 aliphatic carbocycles. The van der Waals surface area contributed by atoms with E-state index in [4.69, 9.17) is 4.98 Å². The van der Waals surface area contributed by atoms with E-state index in [1.807, 2.05) is 50.2 Å². The first kappa shape index (κ1) is 22.3. The van der Waals surface area contributed by atoms with E-state index < -0.39 is 17.3 Å². The largest absolute Gasteiger partial charge is 0.416 e. The number of rotatable bonds is 4. The van der Waals surface area contributed by atoms with Crippen LogP contribution in [0, 0.1) is 13.8 Å². The first-order valence-electron chi connectivity index (χ1n) is 10.6. The standard InChI is InChI=1S/C26H20F3N3OS/c1-15-10-11-16(2)17(12-15)14-34-25-31-22-20-8-3-4-9-21(20)30-23(22)24(33)32(25)19-7-5-6-18(13-19)26(27,28)29/h3-13,30H,14H2,1-2H3. The van der Waals surface area contributed by atoms with E-state index >= 15 is 0 Å². The van der Waals surface area contributed by atoms with Crippen molar-refractivity contribution < 1.29 is 13.2 Å². The number of thioether (sulfide) groups is 1. The molecule has 3 aromatic carbocycles. The number of hydrogen-bond acceptors (Lipinski definition) is 3. The third-order valence-corrected chi connectivity index (χ3v) is 6.77. The number of halogens is 3. The van der Waals surface area contributed by atoms with E-state index in [-0.39, 0.29) is 11.2 Å². The fourth-order valence-electron chi connectivity index (χ4n) is 3.99. The summed E-state index contributed by atoms with van der Waals surface area (Å²) in [5, 5.41) is 1.13. The van der Waals surface area contributed by atoms with Crippen LogP contribution in [-0.4, -0.2) is 14.5 Å². The third-order valence-electron chi connectivity index (χ3n) is 5.79. The number of aromatic amines is 1. The number of alkyl halides is 3. The Balaban J connectivity index is 1.72. The molecule has 0 amide bonds. The van der Waals surface area contributed by atoms with E-state index in [2.05, 4.69) is 11.1 Å². The first-order valence-corrected chi connectivity index (χ1v) is 11.6. The third kappa shape index (κ3) is 3.98. The zero-order chi connectivity index (χ0) is 24.0. The Bertz CT molecular complexity index is 1600. The molecule has 0 radical (unpaired) electrons. The molecule has 0 atom stereocenters. The van der Waals surface area contributed by atoms with Gasteiger partial charge in [0.25, 0.3) is 5.56 Å². The number of hydrogen-bond donors (Lipinski definition) is 1. The number of benzene rings is 3. The van der Waals surface area contributed by atoms with Gasteiger partial charge in [-0.25, -0.2) is 4.98 Å². The number of aryl methyl sites for hydroxylation is 2. The second-order valence-electron chi connectivity index (χ2n) is 8.20. The molecule has 172 valence electrons. The number of nitrogens with zero attached hydrogens (tertiary/aromatic N) is 2. The Kier molecular flexibility index (Phi) is 5.48. The van der Waals surface area contributed by atoms with Crippen LogP contribution in [0.3, 0.4) is 0 Å². The molecule has 4 nitrogen and oxygen atoms in total. The van der Waals surface area contributed by atoms with Gasteiger partial charge in [0.1, 0.15) is 11.0 Å². The molecule has 0 spiro atoms. The zero-order valence-corrected chi connectivity index (χ0v) is 19.2. The van der Waals surface area contributed by atoms with Crippen molar-refractivity contribution in [2.45, 2.75) is 30.9 Å². The summed E-state index contributed by atoms with van der Waals surface area (Å²) in [5.41, 5.74) is 3.65. The van der Waals surface area contributed by atoms with Crippen LogP contribution in [-0.2, 0) is 11.9 Å². The van der Waals surface area contributed by atoms with Crippen LogP contribution in [0.4, 0.5) is 13.2 Å². The summed E-state index contributed by atoms with van der Waals surface area (Å²) < 4.78 is 41.5. The summed E-state index contributed by atoms with van der Waals surface area (Å²) in [6.45, 7) is 4.01. The SMILES string of the molecule is Cc1ccc(C)c(CSc2nc3c([nH]c4ccccc43)c(=O)n2-c2cccc(C(F)(F)F)c2)c1. The highest BCUT2D eigenvalue weighted by molar-refractivity contribution is 7.98. The lowest BCUT2D eigenvalue weighted by Crippen LogP contribution is -2.22. The van der Waals surface area contributed by atoms with Gasteiger partial charge < -0.3 is 4.98 Å². The van der Waals surface area contributed by atoms with Crippen molar-refractivity contribution in [2.24, 2.45) is 0 Å². The molecule has 0 unspecified atom stereocenters. The molecule has 2 heterocycles. The molecule has 1 N–H and O–H groups in total. The van der Waals surface area contributed by atoms with E-state index in [0.29, 0.717) is 16.4 Å². The van der Waals surface area contributed by atoms with E-state index in [1.165, 1.54) is 28.5 Å². The average Bonchev–Trinajstić information content (AvgIpc) is 3.18. The molecule has 5 aromatic rings. The number of H-pyrrole nitrogens is 1. The normalized spacial score (nSPS) is 12.0. The first-order chi connectivity index (χ1) is 16.2. The average molecular weight is 480 g/mol. The fraction of sp³-hybridized carbons (Fsp3) is 0.154. The maximum atomic E-state index is 13.6. The second-order valence-corrected chi connectivity index (χ2v) is 9.14. The van der Waals surface area contributed by atoms with Gasteiger partial charge in [0.05, 0.1) is 11.3 Å². The van der Waals surface area contributed by atoms with E-state index in [0.717, 1.165) is 39.7 Å². The summed E-state index contributed by atoms with van der Waals surface area (Å²) in [6, 6.07) is 18.3. The van der Waals surface area contributed by atoms with Gasteiger partial charge in [0, 0.05) is 16.7 Å². The van der Waals surface area contributed by atoms with Crippen molar-refractivity contribution in [3.8, 4) is 5.69 Å². The monoisotopic (exact) mass is 479 g/mol. The second kappa shape index (κ2) is 8.36. The van der Waals surface area contributed by atoms with Gasteiger partial charge in [-0.2, -0.15) is 13.2 Å².